The number of benzene rings is 2. The Balaban J connectivity index is 1.01. The summed E-state index contributed by atoms with van der Waals surface area (Å²) >= 11 is 8.19. The number of piperidine rings is 2. The van der Waals surface area contributed by atoms with Crippen molar-refractivity contribution in [1.82, 2.24) is 13.9 Å². The average Bonchev–Trinajstić information content (AvgIpc) is 3.59. The number of fused-ring (bicyclic) bond motifs is 1. The van der Waals surface area contributed by atoms with Gasteiger partial charge in [0.25, 0.3) is 5.91 Å². The maximum atomic E-state index is 13.7. The second kappa shape index (κ2) is 9.55. The zero-order valence-corrected chi connectivity index (χ0v) is 24.0. The molecule has 3 aliphatic rings. The number of rotatable bonds is 7. The Morgan fingerprint density at radius 3 is 2.63 bits per heavy atom. The van der Waals surface area contributed by atoms with Crippen LogP contribution in [0, 0.1) is 17.0 Å². The number of hydrogen-bond acceptors (Lipinski definition) is 7. The molecule has 3 N–H and O–H groups in total. The average molecular weight is 620 g/mol. The van der Waals surface area contributed by atoms with Gasteiger partial charge in [-0.25, -0.2) is 13.1 Å². The maximum absolute atomic E-state index is 13.7. The lowest BCUT2D eigenvalue weighted by Gasteiger charge is -2.81. The van der Waals surface area contributed by atoms with E-state index in [1.54, 1.807) is 16.7 Å². The fraction of sp³-hybridized carbons (Fsp3) is 0.226. The van der Waals surface area contributed by atoms with Crippen LogP contribution in [0.25, 0.3) is 16.8 Å². The lowest BCUT2D eigenvalue weighted by molar-refractivity contribution is -0.349. The van der Waals surface area contributed by atoms with E-state index in [1.807, 2.05) is 48.5 Å². The Hall–Kier alpha value is -3.90. The van der Waals surface area contributed by atoms with E-state index in [2.05, 4.69) is 19.5 Å². The molecule has 4 atom stereocenters. The number of anilines is 2. The Morgan fingerprint density at radius 2 is 1.88 bits per heavy atom. The molecule has 4 heterocycles. The van der Waals surface area contributed by atoms with Gasteiger partial charge in [0, 0.05) is 59.2 Å². The van der Waals surface area contributed by atoms with Crippen LogP contribution in [0.15, 0.2) is 83.5 Å². The second-order valence-electron chi connectivity index (χ2n) is 11.2. The first-order valence-electron chi connectivity index (χ1n) is 13.8. The molecule has 0 bridgehead atoms. The summed E-state index contributed by atoms with van der Waals surface area (Å²) in [5.74, 6) is -2.00. The summed E-state index contributed by atoms with van der Waals surface area (Å²) in [5.41, 5.74) is 1.64. The van der Waals surface area contributed by atoms with Crippen LogP contribution in [-0.4, -0.2) is 37.0 Å². The molecule has 1 aliphatic heterocycles. The van der Waals surface area contributed by atoms with Gasteiger partial charge in [-0.05, 0) is 43.5 Å². The van der Waals surface area contributed by atoms with Gasteiger partial charge in [0.15, 0.2) is 17.4 Å². The van der Waals surface area contributed by atoms with Gasteiger partial charge < -0.3 is 24.1 Å². The van der Waals surface area contributed by atoms with Crippen molar-refractivity contribution in [3.05, 3.63) is 107 Å². The highest BCUT2D eigenvalue weighted by Gasteiger charge is 2.83. The molecule has 1 spiro atoms. The third-order valence-electron chi connectivity index (χ3n) is 9.32. The zero-order chi connectivity index (χ0) is 29.5. The van der Waals surface area contributed by atoms with Crippen LogP contribution in [-0.2, 0) is 5.60 Å². The third kappa shape index (κ3) is 3.68. The smallest absolute Gasteiger partial charge is 0.274 e. The van der Waals surface area contributed by atoms with Crippen LogP contribution in [0.2, 0.25) is 5.02 Å². The van der Waals surface area contributed by atoms with E-state index in [-0.39, 0.29) is 33.9 Å². The SMILES string of the molecule is O=C(Nc1ccc(F)c(F)c1)c1c(Cl)c(NSN2C3CCC34C2CC4(O)c2cc(-c3ccccc3)on2)c2ccccn12. The van der Waals surface area contributed by atoms with Gasteiger partial charge in [-0.2, -0.15) is 0 Å². The first kappa shape index (κ1) is 26.7. The van der Waals surface area contributed by atoms with E-state index in [9.17, 15) is 18.7 Å². The van der Waals surface area contributed by atoms with Crippen molar-refractivity contribution in [2.45, 2.75) is 36.9 Å². The Bertz CT molecular complexity index is 1910. The lowest BCUT2D eigenvalue weighted by atomic mass is 9.36. The Morgan fingerprint density at radius 1 is 1.07 bits per heavy atom. The highest BCUT2D eigenvalue weighted by Crippen LogP contribution is 2.76. The zero-order valence-electron chi connectivity index (χ0n) is 22.4. The minimum absolute atomic E-state index is 0.108. The summed E-state index contributed by atoms with van der Waals surface area (Å²) in [4.78, 5) is 13.3. The molecule has 43 heavy (non-hydrogen) atoms. The molecule has 2 saturated carbocycles. The molecule has 8 rings (SSSR count). The second-order valence-corrected chi connectivity index (χ2v) is 12.4. The molecule has 12 heteroatoms. The molecule has 0 radical (unpaired) electrons. The fourth-order valence-electron chi connectivity index (χ4n) is 7.08. The van der Waals surface area contributed by atoms with Crippen LogP contribution in [0.4, 0.5) is 20.2 Å². The predicted octanol–water partition coefficient (Wildman–Crippen LogP) is 6.88. The molecule has 1 saturated heterocycles. The van der Waals surface area contributed by atoms with Crippen molar-refractivity contribution in [3.8, 4) is 11.3 Å². The van der Waals surface area contributed by atoms with Crippen molar-refractivity contribution in [3.63, 3.8) is 0 Å². The molecule has 1 amide bonds. The number of nitrogens with zero attached hydrogens (tertiary/aromatic N) is 3. The number of halogens is 3. The van der Waals surface area contributed by atoms with Crippen molar-refractivity contribution in [2.24, 2.45) is 5.41 Å². The molecule has 4 unspecified atom stereocenters. The first-order chi connectivity index (χ1) is 20.8. The molecular weight excluding hydrogens is 596 g/mol. The number of aromatic nitrogens is 2. The van der Waals surface area contributed by atoms with E-state index in [0.717, 1.165) is 30.5 Å². The summed E-state index contributed by atoms with van der Waals surface area (Å²) < 4.78 is 40.0. The highest BCUT2D eigenvalue weighted by molar-refractivity contribution is 7.98. The molecule has 5 aromatic rings. The van der Waals surface area contributed by atoms with Gasteiger partial charge in [0.1, 0.15) is 17.0 Å². The van der Waals surface area contributed by atoms with E-state index in [4.69, 9.17) is 16.1 Å². The molecule has 2 aromatic carbocycles. The summed E-state index contributed by atoms with van der Waals surface area (Å²) in [6.45, 7) is 0. The quantitative estimate of drug-likeness (QED) is 0.171. The summed E-state index contributed by atoms with van der Waals surface area (Å²) in [6.07, 6.45) is 4.06. The van der Waals surface area contributed by atoms with Gasteiger partial charge >= 0.3 is 0 Å². The minimum atomic E-state index is -1.06. The Labute approximate surface area is 253 Å². The first-order valence-corrected chi connectivity index (χ1v) is 15.0. The van der Waals surface area contributed by atoms with E-state index < -0.39 is 23.1 Å². The number of aliphatic hydroxyl groups is 1. The molecule has 8 nitrogen and oxygen atoms in total. The van der Waals surface area contributed by atoms with E-state index in [0.29, 0.717) is 29.1 Å². The van der Waals surface area contributed by atoms with Gasteiger partial charge in [-0.3, -0.25) is 4.79 Å². The molecule has 218 valence electrons. The van der Waals surface area contributed by atoms with Gasteiger partial charge in [0.05, 0.1) is 16.2 Å². The maximum Gasteiger partial charge on any atom is 0.274 e. The third-order valence-corrected chi connectivity index (χ3v) is 10.7. The van der Waals surface area contributed by atoms with E-state index >= 15 is 0 Å². The topological polar surface area (TPSA) is 95.0 Å². The predicted molar refractivity (Wildman–Crippen MR) is 159 cm³/mol. The monoisotopic (exact) mass is 619 g/mol. The van der Waals surface area contributed by atoms with Crippen molar-refractivity contribution < 1.29 is 23.2 Å². The van der Waals surface area contributed by atoms with Crippen LogP contribution in [0.1, 0.15) is 35.4 Å². The van der Waals surface area contributed by atoms with Gasteiger partial charge in [-0.15, -0.1) is 0 Å². The van der Waals surface area contributed by atoms with E-state index in [1.165, 1.54) is 18.2 Å². The summed E-state index contributed by atoms with van der Waals surface area (Å²) in [7, 11) is 0. The van der Waals surface area contributed by atoms with Crippen LogP contribution in [0.3, 0.4) is 0 Å². The summed E-state index contributed by atoms with van der Waals surface area (Å²) in [5, 5.41) is 18.9. The van der Waals surface area contributed by atoms with Crippen molar-refractivity contribution in [1.29, 1.82) is 0 Å². The molecule has 3 fully saturated rings. The van der Waals surface area contributed by atoms with Crippen LogP contribution in [0.5, 0.6) is 0 Å². The normalized spacial score (nSPS) is 25.7. The number of hydrogen-bond donors (Lipinski definition) is 3. The number of pyridine rings is 1. The van der Waals surface area contributed by atoms with Crippen molar-refractivity contribution >= 4 is 46.5 Å². The van der Waals surface area contributed by atoms with Gasteiger partial charge in [0.2, 0.25) is 0 Å². The lowest BCUT2D eigenvalue weighted by Crippen LogP contribution is -2.88. The number of amides is 1. The largest absolute Gasteiger partial charge is 0.383 e. The molecular formula is C31H24ClF2N5O3S. The number of carbonyl (C=O) groups is 1. The Kier molecular flexibility index (Phi) is 5.93. The number of carbonyl (C=O) groups excluding carboxylic acids is 1. The summed E-state index contributed by atoms with van der Waals surface area (Å²) in [6, 6.07) is 20.4. The fourth-order valence-corrected chi connectivity index (χ4v) is 8.68. The molecule has 2 aliphatic carbocycles. The molecule has 3 aromatic heterocycles. The van der Waals surface area contributed by atoms with Gasteiger partial charge in [-0.1, -0.05) is 53.2 Å². The van der Waals surface area contributed by atoms with Crippen molar-refractivity contribution in [2.75, 3.05) is 10.0 Å². The standard InChI is InChI=1S/C31H24ClF2N5O3S/c32-26-27(21-8-4-5-13-38(21)28(26)29(40)35-18-9-10-19(33)20(34)14-18)37-43-39-24-11-12-30(24)25(39)16-31(30,41)23-15-22(42-36-23)17-6-2-1-3-7-17/h1-10,13-15,24-25,37,41H,11-12,16H2,(H,35,40). The number of nitrogens with one attached hydrogen (secondary N) is 2. The minimum Gasteiger partial charge on any atom is -0.383 e. The highest BCUT2D eigenvalue weighted by atomic mass is 35.5. The van der Waals surface area contributed by atoms with Crippen LogP contribution < -0.4 is 10.0 Å². The van der Waals surface area contributed by atoms with Crippen LogP contribution >= 0.6 is 23.7 Å².